The van der Waals surface area contributed by atoms with E-state index in [1.807, 2.05) is 13.0 Å². The number of hydrogen-bond donors (Lipinski definition) is 3. The molecule has 0 unspecified atom stereocenters. The zero-order valence-electron chi connectivity index (χ0n) is 11.3. The van der Waals surface area contributed by atoms with Crippen LogP contribution in [0.3, 0.4) is 0 Å². The first-order valence-electron chi connectivity index (χ1n) is 6.38. The number of carbonyl (C=O) groups excluding carboxylic acids is 2. The number of anilines is 2. The predicted molar refractivity (Wildman–Crippen MR) is 75.0 cm³/mol. The maximum absolute atomic E-state index is 11.6. The molecule has 0 heterocycles. The fourth-order valence-electron chi connectivity index (χ4n) is 1.54. The van der Waals surface area contributed by atoms with Crippen LogP contribution in [0.4, 0.5) is 11.4 Å². The zero-order chi connectivity index (χ0) is 14.3. The summed E-state index contributed by atoms with van der Waals surface area (Å²) in [6, 6.07) is 5.37. The van der Waals surface area contributed by atoms with Crippen LogP contribution in [0, 0.1) is 6.92 Å². The van der Waals surface area contributed by atoms with Crippen molar-refractivity contribution in [1.82, 2.24) is 0 Å². The first-order chi connectivity index (χ1) is 9.06. The number of amides is 2. The van der Waals surface area contributed by atoms with Crippen LogP contribution in [0.2, 0.25) is 0 Å². The van der Waals surface area contributed by atoms with Crippen molar-refractivity contribution in [1.29, 1.82) is 0 Å². The molecule has 0 bridgehead atoms. The van der Waals surface area contributed by atoms with Crippen molar-refractivity contribution >= 4 is 23.2 Å². The summed E-state index contributed by atoms with van der Waals surface area (Å²) in [5.74, 6) is -0.211. The normalized spacial score (nSPS) is 10.1. The van der Waals surface area contributed by atoms with Crippen molar-refractivity contribution in [2.75, 3.05) is 17.2 Å². The number of aliphatic hydroxyl groups excluding tert-OH is 1. The summed E-state index contributed by atoms with van der Waals surface area (Å²) in [6.07, 6.45) is 1.13. The number of aliphatic hydroxyl groups is 1. The van der Waals surface area contributed by atoms with Gasteiger partial charge >= 0.3 is 0 Å². The van der Waals surface area contributed by atoms with Crippen LogP contribution in [0.25, 0.3) is 0 Å². The fourth-order valence-corrected chi connectivity index (χ4v) is 1.54. The van der Waals surface area contributed by atoms with E-state index >= 15 is 0 Å². The first-order valence-corrected chi connectivity index (χ1v) is 6.38. The average molecular weight is 264 g/mol. The van der Waals surface area contributed by atoms with E-state index in [1.165, 1.54) is 0 Å². The molecule has 19 heavy (non-hydrogen) atoms. The Labute approximate surface area is 113 Å². The second-order valence-corrected chi connectivity index (χ2v) is 4.31. The number of aryl methyl sites for hydroxylation is 1. The van der Waals surface area contributed by atoms with E-state index in [0.29, 0.717) is 24.2 Å². The molecule has 1 rings (SSSR count). The highest BCUT2D eigenvalue weighted by Crippen LogP contribution is 2.20. The Hall–Kier alpha value is -1.88. The lowest BCUT2D eigenvalue weighted by molar-refractivity contribution is -0.117. The molecule has 0 aliphatic heterocycles. The Morgan fingerprint density at radius 1 is 1.21 bits per heavy atom. The minimum Gasteiger partial charge on any atom is -0.396 e. The molecule has 104 valence electrons. The Morgan fingerprint density at radius 2 is 1.95 bits per heavy atom. The molecule has 0 saturated carbocycles. The summed E-state index contributed by atoms with van der Waals surface area (Å²) in [7, 11) is 0. The van der Waals surface area contributed by atoms with E-state index < -0.39 is 0 Å². The Balaban J connectivity index is 2.74. The van der Waals surface area contributed by atoms with Gasteiger partial charge in [-0.15, -0.1) is 0 Å². The molecule has 1 aromatic rings. The quantitative estimate of drug-likeness (QED) is 0.736. The number of hydrogen-bond acceptors (Lipinski definition) is 3. The molecule has 0 atom stereocenters. The van der Waals surface area contributed by atoms with Gasteiger partial charge in [0, 0.05) is 30.8 Å². The third kappa shape index (κ3) is 5.09. The van der Waals surface area contributed by atoms with Crippen molar-refractivity contribution in [2.45, 2.75) is 33.1 Å². The standard InChI is InChI=1S/C14H20N2O3/c1-3-13(18)15-11-7-6-10(2)12(9-11)16-14(19)5-4-8-17/h6-7,9,17H,3-5,8H2,1-2H3,(H,15,18)(H,16,19). The third-order valence-corrected chi connectivity index (χ3v) is 2.68. The predicted octanol–water partition coefficient (Wildman–Crippen LogP) is 2.05. The van der Waals surface area contributed by atoms with Gasteiger partial charge in [0.25, 0.3) is 0 Å². The van der Waals surface area contributed by atoms with Gasteiger partial charge < -0.3 is 15.7 Å². The van der Waals surface area contributed by atoms with Gasteiger partial charge in [-0.1, -0.05) is 13.0 Å². The molecule has 1 aromatic carbocycles. The van der Waals surface area contributed by atoms with Crippen LogP contribution >= 0.6 is 0 Å². The van der Waals surface area contributed by atoms with E-state index in [4.69, 9.17) is 5.11 Å². The Bertz CT molecular complexity index is 458. The van der Waals surface area contributed by atoms with Crippen molar-refractivity contribution in [2.24, 2.45) is 0 Å². The smallest absolute Gasteiger partial charge is 0.224 e. The highest BCUT2D eigenvalue weighted by atomic mass is 16.3. The molecule has 2 amide bonds. The van der Waals surface area contributed by atoms with E-state index in [-0.39, 0.29) is 24.8 Å². The van der Waals surface area contributed by atoms with Crippen LogP contribution in [0.5, 0.6) is 0 Å². The van der Waals surface area contributed by atoms with Crippen LogP contribution in [0.15, 0.2) is 18.2 Å². The van der Waals surface area contributed by atoms with Gasteiger partial charge in [-0.05, 0) is 31.0 Å². The monoisotopic (exact) mass is 264 g/mol. The topological polar surface area (TPSA) is 78.4 Å². The SMILES string of the molecule is CCC(=O)Nc1ccc(C)c(NC(=O)CCCO)c1. The minimum absolute atomic E-state index is 0.000993. The molecule has 5 nitrogen and oxygen atoms in total. The van der Waals surface area contributed by atoms with Gasteiger partial charge in [-0.25, -0.2) is 0 Å². The van der Waals surface area contributed by atoms with Crippen LogP contribution in [-0.4, -0.2) is 23.5 Å². The largest absolute Gasteiger partial charge is 0.396 e. The molecule has 0 fully saturated rings. The molecule has 0 aliphatic carbocycles. The van der Waals surface area contributed by atoms with Gasteiger partial charge in [0.15, 0.2) is 0 Å². The number of benzene rings is 1. The molecule has 5 heteroatoms. The molecule has 0 aliphatic rings. The van der Waals surface area contributed by atoms with Gasteiger partial charge in [0.1, 0.15) is 0 Å². The van der Waals surface area contributed by atoms with Crippen molar-refractivity contribution < 1.29 is 14.7 Å². The molecule has 3 N–H and O–H groups in total. The maximum atomic E-state index is 11.6. The summed E-state index contributed by atoms with van der Waals surface area (Å²) in [6.45, 7) is 3.66. The van der Waals surface area contributed by atoms with Crippen LogP contribution in [-0.2, 0) is 9.59 Å². The lowest BCUT2D eigenvalue weighted by Crippen LogP contribution is -2.14. The summed E-state index contributed by atoms with van der Waals surface area (Å²) in [4.78, 5) is 22.9. The first kappa shape index (κ1) is 15.2. The molecule has 0 spiro atoms. The minimum atomic E-state index is -0.142. The molecule has 0 radical (unpaired) electrons. The number of nitrogens with one attached hydrogen (secondary N) is 2. The molecule has 0 saturated heterocycles. The third-order valence-electron chi connectivity index (χ3n) is 2.68. The summed E-state index contributed by atoms with van der Waals surface area (Å²) in [5.41, 5.74) is 2.26. The van der Waals surface area contributed by atoms with Crippen LogP contribution in [0.1, 0.15) is 31.7 Å². The van der Waals surface area contributed by atoms with Crippen molar-refractivity contribution in [3.05, 3.63) is 23.8 Å². The highest BCUT2D eigenvalue weighted by Gasteiger charge is 2.06. The molecular weight excluding hydrogens is 244 g/mol. The van der Waals surface area contributed by atoms with Crippen molar-refractivity contribution in [3.63, 3.8) is 0 Å². The van der Waals surface area contributed by atoms with Crippen LogP contribution < -0.4 is 10.6 Å². The van der Waals surface area contributed by atoms with E-state index in [9.17, 15) is 9.59 Å². The van der Waals surface area contributed by atoms with Gasteiger partial charge in [0.2, 0.25) is 11.8 Å². The summed E-state index contributed by atoms with van der Waals surface area (Å²) < 4.78 is 0. The second kappa shape index (κ2) is 7.53. The number of rotatable bonds is 6. The van der Waals surface area contributed by atoms with Crippen molar-refractivity contribution in [3.8, 4) is 0 Å². The molecule has 0 aromatic heterocycles. The summed E-state index contributed by atoms with van der Waals surface area (Å²) >= 11 is 0. The lowest BCUT2D eigenvalue weighted by Gasteiger charge is -2.11. The van der Waals surface area contributed by atoms with E-state index in [1.54, 1.807) is 19.1 Å². The van der Waals surface area contributed by atoms with E-state index in [0.717, 1.165) is 5.56 Å². The van der Waals surface area contributed by atoms with Gasteiger partial charge in [-0.3, -0.25) is 9.59 Å². The summed E-state index contributed by atoms with van der Waals surface area (Å²) in [5, 5.41) is 14.2. The number of carbonyl (C=O) groups is 2. The lowest BCUT2D eigenvalue weighted by atomic mass is 10.1. The zero-order valence-corrected chi connectivity index (χ0v) is 11.3. The maximum Gasteiger partial charge on any atom is 0.224 e. The highest BCUT2D eigenvalue weighted by molar-refractivity contribution is 5.94. The second-order valence-electron chi connectivity index (χ2n) is 4.31. The molecular formula is C14H20N2O3. The Kier molecular flexibility index (Phi) is 6.02. The average Bonchev–Trinajstić information content (AvgIpc) is 2.40. The fraction of sp³-hybridized carbons (Fsp3) is 0.429. The van der Waals surface area contributed by atoms with Gasteiger partial charge in [0.05, 0.1) is 0 Å². The van der Waals surface area contributed by atoms with Gasteiger partial charge in [-0.2, -0.15) is 0 Å². The van der Waals surface area contributed by atoms with E-state index in [2.05, 4.69) is 10.6 Å². The Morgan fingerprint density at radius 3 is 2.58 bits per heavy atom.